The lowest BCUT2D eigenvalue weighted by atomic mass is 9.97. The molecule has 1 unspecified atom stereocenters. The third-order valence-electron chi connectivity index (χ3n) is 3.24. The van der Waals surface area contributed by atoms with Crippen LogP contribution in [0.1, 0.15) is 22.7 Å². The normalized spacial score (nSPS) is 18.0. The minimum atomic E-state index is 0.371. The molecular weight excluding hydrogens is 206 g/mol. The first-order chi connectivity index (χ1) is 8.43. The number of nitrogens with one attached hydrogen (secondary N) is 1. The number of fused-ring (bicyclic) bond motifs is 1. The van der Waals surface area contributed by atoms with Crippen LogP contribution in [0.15, 0.2) is 60.8 Å². The first kappa shape index (κ1) is 10.2. The molecule has 0 spiro atoms. The maximum Gasteiger partial charge on any atom is 0.0548 e. The summed E-state index contributed by atoms with van der Waals surface area (Å²) in [6, 6.07) is 19.6. The summed E-state index contributed by atoms with van der Waals surface area (Å²) in [5, 5.41) is 3.46. The second-order valence-corrected chi connectivity index (χ2v) is 4.37. The lowest BCUT2D eigenvalue weighted by molar-refractivity contribution is 0.625. The highest BCUT2D eigenvalue weighted by atomic mass is 14.9. The quantitative estimate of drug-likeness (QED) is 0.776. The molecule has 0 radical (unpaired) electrons. The molecular formula is C16H15N. The number of benzene rings is 2. The van der Waals surface area contributed by atoms with Crippen molar-refractivity contribution in [1.82, 2.24) is 5.32 Å². The monoisotopic (exact) mass is 221 g/mol. The molecule has 17 heavy (non-hydrogen) atoms. The van der Waals surface area contributed by atoms with Gasteiger partial charge in [-0.05, 0) is 35.4 Å². The summed E-state index contributed by atoms with van der Waals surface area (Å²) in [5.74, 6) is 0. The Balaban J connectivity index is 1.95. The standard InChI is InChI=1S/C16H15N/c1-2-7-14(8-3-1)16-12-15-9-5-4-6-13(15)10-11-17-16/h1-11,16-17H,12H2. The second-order valence-electron chi connectivity index (χ2n) is 4.37. The van der Waals surface area contributed by atoms with Gasteiger partial charge in [0.1, 0.15) is 0 Å². The summed E-state index contributed by atoms with van der Waals surface area (Å²) >= 11 is 0. The van der Waals surface area contributed by atoms with E-state index in [9.17, 15) is 0 Å². The topological polar surface area (TPSA) is 12.0 Å². The van der Waals surface area contributed by atoms with Gasteiger partial charge in [-0.2, -0.15) is 0 Å². The van der Waals surface area contributed by atoms with Gasteiger partial charge in [0.2, 0.25) is 0 Å². The van der Waals surface area contributed by atoms with Crippen LogP contribution in [0.2, 0.25) is 0 Å². The molecule has 1 aliphatic heterocycles. The third kappa shape index (κ3) is 2.09. The van der Waals surface area contributed by atoms with Crippen LogP contribution < -0.4 is 5.32 Å². The van der Waals surface area contributed by atoms with Crippen molar-refractivity contribution in [1.29, 1.82) is 0 Å². The smallest absolute Gasteiger partial charge is 0.0548 e. The average molecular weight is 221 g/mol. The van der Waals surface area contributed by atoms with Crippen molar-refractivity contribution in [3.8, 4) is 0 Å². The van der Waals surface area contributed by atoms with Gasteiger partial charge in [0.05, 0.1) is 6.04 Å². The van der Waals surface area contributed by atoms with E-state index in [-0.39, 0.29) is 0 Å². The maximum atomic E-state index is 3.46. The van der Waals surface area contributed by atoms with Crippen molar-refractivity contribution in [3.63, 3.8) is 0 Å². The van der Waals surface area contributed by atoms with Gasteiger partial charge in [-0.25, -0.2) is 0 Å². The highest BCUT2D eigenvalue weighted by Crippen LogP contribution is 2.23. The Morgan fingerprint density at radius 2 is 1.65 bits per heavy atom. The van der Waals surface area contributed by atoms with Crippen LogP contribution in [-0.4, -0.2) is 0 Å². The van der Waals surface area contributed by atoms with Gasteiger partial charge in [-0.15, -0.1) is 0 Å². The van der Waals surface area contributed by atoms with E-state index in [0.717, 1.165) is 6.42 Å². The number of hydrogen-bond acceptors (Lipinski definition) is 1. The average Bonchev–Trinajstić information content (AvgIpc) is 2.62. The van der Waals surface area contributed by atoms with Crippen molar-refractivity contribution in [2.75, 3.05) is 0 Å². The Bertz CT molecular complexity index is 528. The molecule has 0 saturated heterocycles. The van der Waals surface area contributed by atoms with E-state index in [1.165, 1.54) is 16.7 Å². The molecule has 1 atom stereocenters. The molecule has 0 bridgehead atoms. The van der Waals surface area contributed by atoms with Crippen LogP contribution in [0.3, 0.4) is 0 Å². The Kier molecular flexibility index (Phi) is 2.66. The Labute approximate surface area is 102 Å². The lowest BCUT2D eigenvalue weighted by Crippen LogP contribution is -2.16. The highest BCUT2D eigenvalue weighted by Gasteiger charge is 2.13. The SMILES string of the molecule is C1=Cc2ccccc2CC(c2ccccc2)N1. The summed E-state index contributed by atoms with van der Waals surface area (Å²) in [6.45, 7) is 0. The van der Waals surface area contributed by atoms with Gasteiger partial charge >= 0.3 is 0 Å². The van der Waals surface area contributed by atoms with Gasteiger partial charge < -0.3 is 5.32 Å². The van der Waals surface area contributed by atoms with Crippen molar-refractivity contribution in [2.24, 2.45) is 0 Å². The van der Waals surface area contributed by atoms with Gasteiger partial charge in [0.25, 0.3) is 0 Å². The minimum absolute atomic E-state index is 0.371. The van der Waals surface area contributed by atoms with E-state index < -0.39 is 0 Å². The van der Waals surface area contributed by atoms with Crippen molar-refractivity contribution in [2.45, 2.75) is 12.5 Å². The minimum Gasteiger partial charge on any atom is -0.384 e. The fourth-order valence-electron chi connectivity index (χ4n) is 2.31. The first-order valence-corrected chi connectivity index (χ1v) is 5.99. The van der Waals surface area contributed by atoms with Crippen molar-refractivity contribution in [3.05, 3.63) is 77.5 Å². The fraction of sp³-hybridized carbons (Fsp3) is 0.125. The molecule has 0 aliphatic carbocycles. The van der Waals surface area contributed by atoms with E-state index in [2.05, 4.69) is 72.2 Å². The van der Waals surface area contributed by atoms with Crippen LogP contribution in [0, 0.1) is 0 Å². The van der Waals surface area contributed by atoms with Gasteiger partial charge in [-0.3, -0.25) is 0 Å². The van der Waals surface area contributed by atoms with Crippen LogP contribution in [-0.2, 0) is 6.42 Å². The summed E-state index contributed by atoms with van der Waals surface area (Å²) in [5.41, 5.74) is 4.06. The molecule has 84 valence electrons. The van der Waals surface area contributed by atoms with Crippen molar-refractivity contribution >= 4 is 6.08 Å². The largest absolute Gasteiger partial charge is 0.384 e. The zero-order chi connectivity index (χ0) is 11.5. The molecule has 2 aromatic carbocycles. The third-order valence-corrected chi connectivity index (χ3v) is 3.24. The molecule has 0 aromatic heterocycles. The summed E-state index contributed by atoms with van der Waals surface area (Å²) < 4.78 is 0. The molecule has 1 aliphatic rings. The van der Waals surface area contributed by atoms with Gasteiger partial charge in [-0.1, -0.05) is 54.6 Å². The van der Waals surface area contributed by atoms with Gasteiger partial charge in [0.15, 0.2) is 0 Å². The highest BCUT2D eigenvalue weighted by molar-refractivity contribution is 5.55. The maximum absolute atomic E-state index is 3.46. The molecule has 1 nitrogen and oxygen atoms in total. The zero-order valence-electron chi connectivity index (χ0n) is 9.64. The predicted molar refractivity (Wildman–Crippen MR) is 71.5 cm³/mol. The Morgan fingerprint density at radius 1 is 0.882 bits per heavy atom. The van der Waals surface area contributed by atoms with E-state index in [0.29, 0.717) is 6.04 Å². The summed E-state index contributed by atoms with van der Waals surface area (Å²) in [6.07, 6.45) is 5.24. The molecule has 0 fully saturated rings. The molecule has 0 saturated carbocycles. The first-order valence-electron chi connectivity index (χ1n) is 5.99. The van der Waals surface area contributed by atoms with E-state index in [1.54, 1.807) is 0 Å². The van der Waals surface area contributed by atoms with E-state index >= 15 is 0 Å². The molecule has 1 heterocycles. The van der Waals surface area contributed by atoms with E-state index in [4.69, 9.17) is 0 Å². The Morgan fingerprint density at radius 3 is 2.53 bits per heavy atom. The van der Waals surface area contributed by atoms with Crippen LogP contribution in [0.4, 0.5) is 0 Å². The molecule has 1 N–H and O–H groups in total. The number of rotatable bonds is 1. The molecule has 2 aromatic rings. The molecule has 1 heteroatoms. The Hall–Kier alpha value is -2.02. The summed E-state index contributed by atoms with van der Waals surface area (Å²) in [4.78, 5) is 0. The predicted octanol–water partition coefficient (Wildman–Crippen LogP) is 3.54. The molecule has 0 amide bonds. The van der Waals surface area contributed by atoms with E-state index in [1.807, 2.05) is 0 Å². The van der Waals surface area contributed by atoms with Crippen molar-refractivity contribution < 1.29 is 0 Å². The summed E-state index contributed by atoms with van der Waals surface area (Å²) in [7, 11) is 0. The van der Waals surface area contributed by atoms with Crippen LogP contribution >= 0.6 is 0 Å². The zero-order valence-corrected chi connectivity index (χ0v) is 9.64. The second kappa shape index (κ2) is 4.46. The van der Waals surface area contributed by atoms with Crippen LogP contribution in [0.25, 0.3) is 6.08 Å². The lowest BCUT2D eigenvalue weighted by Gasteiger charge is -2.16. The van der Waals surface area contributed by atoms with Gasteiger partial charge in [0, 0.05) is 0 Å². The fourth-order valence-corrected chi connectivity index (χ4v) is 2.31. The van der Waals surface area contributed by atoms with Crippen LogP contribution in [0.5, 0.6) is 0 Å². The molecule has 3 rings (SSSR count). The number of hydrogen-bond donors (Lipinski definition) is 1.